The van der Waals surface area contributed by atoms with Gasteiger partial charge in [0.2, 0.25) is 5.91 Å². The Hall–Kier alpha value is -2.61. The van der Waals surface area contributed by atoms with Gasteiger partial charge in [0.15, 0.2) is 10.9 Å². The van der Waals surface area contributed by atoms with Crippen LogP contribution in [0.3, 0.4) is 0 Å². The number of thiazole rings is 1. The topological polar surface area (TPSA) is 71.0 Å². The van der Waals surface area contributed by atoms with Gasteiger partial charge in [-0.15, -0.1) is 0 Å². The smallest absolute Gasteiger partial charge is 0.240 e. The van der Waals surface area contributed by atoms with Gasteiger partial charge >= 0.3 is 0 Å². The molecule has 0 unspecified atom stereocenters. The molecule has 3 heterocycles. The molecule has 0 spiro atoms. The Bertz CT molecular complexity index is 1060. The van der Waals surface area contributed by atoms with Crippen LogP contribution in [-0.2, 0) is 10.2 Å². The fourth-order valence-electron chi connectivity index (χ4n) is 3.84. The number of hydrogen-bond donors (Lipinski definition) is 1. The van der Waals surface area contributed by atoms with Crippen LogP contribution in [0, 0.1) is 5.82 Å². The molecule has 2 aromatic heterocycles. The Kier molecular flexibility index (Phi) is 3.49. The van der Waals surface area contributed by atoms with Crippen LogP contribution >= 0.6 is 11.3 Å². The van der Waals surface area contributed by atoms with Crippen LogP contribution in [0.1, 0.15) is 32.4 Å². The maximum Gasteiger partial charge on any atom is 0.240 e. The summed E-state index contributed by atoms with van der Waals surface area (Å²) in [7, 11) is 0. The third kappa shape index (κ3) is 2.50. The summed E-state index contributed by atoms with van der Waals surface area (Å²) < 4.78 is 14.3. The van der Waals surface area contributed by atoms with Gasteiger partial charge in [-0.3, -0.25) is 14.7 Å². The van der Waals surface area contributed by atoms with Gasteiger partial charge in [-0.25, -0.2) is 14.4 Å². The summed E-state index contributed by atoms with van der Waals surface area (Å²) in [6, 6.07) is 4.98. The Morgan fingerprint density at radius 3 is 2.85 bits per heavy atom. The second kappa shape index (κ2) is 5.69. The first-order chi connectivity index (χ1) is 12.9. The van der Waals surface area contributed by atoms with Crippen LogP contribution in [0.2, 0.25) is 0 Å². The Morgan fingerprint density at radius 1 is 1.26 bits per heavy atom. The van der Waals surface area contributed by atoms with E-state index in [1.54, 1.807) is 18.5 Å². The van der Waals surface area contributed by atoms with E-state index >= 15 is 0 Å². The monoisotopic (exact) mass is 383 g/mol. The normalized spacial score (nSPS) is 23.4. The van der Waals surface area contributed by atoms with Gasteiger partial charge < -0.3 is 5.32 Å². The molecule has 1 aromatic carbocycles. The van der Waals surface area contributed by atoms with Crippen LogP contribution in [0.5, 0.6) is 0 Å². The van der Waals surface area contributed by atoms with Gasteiger partial charge in [-0.1, -0.05) is 11.3 Å². The van der Waals surface area contributed by atoms with Gasteiger partial charge in [-0.2, -0.15) is 0 Å². The van der Waals surface area contributed by atoms with Crippen molar-refractivity contribution in [2.45, 2.75) is 44.2 Å². The van der Waals surface area contributed by atoms with Crippen molar-refractivity contribution in [1.82, 2.24) is 15.0 Å². The van der Waals surface area contributed by atoms with E-state index in [1.807, 2.05) is 18.7 Å². The minimum Gasteiger partial charge on any atom is -0.359 e. The highest BCUT2D eigenvalue weighted by molar-refractivity contribution is 7.22. The summed E-state index contributed by atoms with van der Waals surface area (Å²) in [4.78, 5) is 28.0. The zero-order valence-corrected chi connectivity index (χ0v) is 15.8. The van der Waals surface area contributed by atoms with E-state index in [0.717, 1.165) is 28.4 Å². The summed E-state index contributed by atoms with van der Waals surface area (Å²) in [6.45, 7) is 3.80. The van der Waals surface area contributed by atoms with Crippen LogP contribution in [-0.4, -0.2) is 32.9 Å². The van der Waals surface area contributed by atoms with E-state index < -0.39 is 5.41 Å². The number of aromatic nitrogens is 3. The van der Waals surface area contributed by atoms with Crippen molar-refractivity contribution in [3.63, 3.8) is 0 Å². The lowest BCUT2D eigenvalue weighted by Crippen LogP contribution is -2.53. The number of carbonyl (C=O) groups is 1. The molecule has 138 valence electrons. The third-order valence-electron chi connectivity index (χ3n) is 5.41. The SMILES string of the molecule is CC1(C)C(=O)N(C2CC(Nc3nc4cc(F)ccc4s3)C2)c2nccnc21. The molecule has 3 aromatic rings. The molecule has 8 heteroatoms. The highest BCUT2D eigenvalue weighted by Gasteiger charge is 2.51. The maximum atomic E-state index is 13.3. The lowest BCUT2D eigenvalue weighted by atomic mass is 9.85. The molecule has 0 bridgehead atoms. The van der Waals surface area contributed by atoms with Gasteiger partial charge in [-0.05, 0) is 38.8 Å². The maximum absolute atomic E-state index is 13.3. The van der Waals surface area contributed by atoms with E-state index in [9.17, 15) is 9.18 Å². The lowest BCUT2D eigenvalue weighted by molar-refractivity contribution is -0.123. The molecule has 6 nitrogen and oxygen atoms in total. The average molecular weight is 383 g/mol. The zero-order valence-electron chi connectivity index (χ0n) is 14.9. The second-order valence-corrected chi connectivity index (χ2v) is 8.66. The number of amides is 1. The van der Waals surface area contributed by atoms with Crippen molar-refractivity contribution < 1.29 is 9.18 Å². The fourth-order valence-corrected chi connectivity index (χ4v) is 4.76. The molecule has 1 aliphatic heterocycles. The predicted molar refractivity (Wildman–Crippen MR) is 103 cm³/mol. The molecular formula is C19H18FN5OS. The highest BCUT2D eigenvalue weighted by Crippen LogP contribution is 2.43. The lowest BCUT2D eigenvalue weighted by Gasteiger charge is -2.41. The fraction of sp³-hybridized carbons (Fsp3) is 0.368. The van der Waals surface area contributed by atoms with E-state index in [1.165, 1.54) is 23.5 Å². The number of halogens is 1. The number of rotatable bonds is 3. The first-order valence-corrected chi connectivity index (χ1v) is 9.73. The van der Waals surface area contributed by atoms with Gasteiger partial charge in [0.25, 0.3) is 0 Å². The van der Waals surface area contributed by atoms with E-state index in [-0.39, 0.29) is 23.8 Å². The van der Waals surface area contributed by atoms with E-state index in [0.29, 0.717) is 11.3 Å². The molecule has 2 aliphatic rings. The average Bonchev–Trinajstić information content (AvgIpc) is 3.09. The van der Waals surface area contributed by atoms with Gasteiger partial charge in [0.1, 0.15) is 5.82 Å². The molecular weight excluding hydrogens is 365 g/mol. The summed E-state index contributed by atoms with van der Waals surface area (Å²) in [6.07, 6.45) is 4.91. The largest absolute Gasteiger partial charge is 0.359 e. The van der Waals surface area contributed by atoms with Crippen molar-refractivity contribution in [1.29, 1.82) is 0 Å². The van der Waals surface area contributed by atoms with Crippen LogP contribution in [0.25, 0.3) is 10.2 Å². The summed E-state index contributed by atoms with van der Waals surface area (Å²) >= 11 is 1.51. The number of nitrogens with one attached hydrogen (secondary N) is 1. The standard InChI is InChI=1S/C19H18FN5OS/c1-19(2)15-16(22-6-5-21-15)25(17(19)26)12-8-11(9-12)23-18-24-13-7-10(20)3-4-14(13)27-18/h3-7,11-12H,8-9H2,1-2H3,(H,23,24). The Balaban J connectivity index is 1.31. The van der Waals surface area contributed by atoms with Crippen LogP contribution < -0.4 is 10.2 Å². The molecule has 0 atom stereocenters. The first-order valence-electron chi connectivity index (χ1n) is 8.91. The van der Waals surface area contributed by atoms with E-state index in [4.69, 9.17) is 0 Å². The molecule has 1 fully saturated rings. The molecule has 1 saturated carbocycles. The number of nitrogens with zero attached hydrogens (tertiary/aromatic N) is 4. The summed E-state index contributed by atoms with van der Waals surface area (Å²) in [5, 5.41) is 4.20. The van der Waals surface area contributed by atoms with Crippen molar-refractivity contribution in [3.05, 3.63) is 42.1 Å². The third-order valence-corrected chi connectivity index (χ3v) is 6.38. The van der Waals surface area contributed by atoms with Gasteiger partial charge in [0, 0.05) is 30.5 Å². The molecule has 0 saturated heterocycles. The van der Waals surface area contributed by atoms with E-state index in [2.05, 4.69) is 20.3 Å². The Labute approximate surface area is 159 Å². The minimum atomic E-state index is -0.640. The van der Waals surface area contributed by atoms with Crippen molar-refractivity contribution in [3.8, 4) is 0 Å². The van der Waals surface area contributed by atoms with Gasteiger partial charge in [0.05, 0.1) is 21.3 Å². The predicted octanol–water partition coefficient (Wildman–Crippen LogP) is 3.49. The van der Waals surface area contributed by atoms with Crippen molar-refractivity contribution in [2.24, 2.45) is 0 Å². The van der Waals surface area contributed by atoms with Crippen LogP contribution in [0.4, 0.5) is 15.3 Å². The summed E-state index contributed by atoms with van der Waals surface area (Å²) in [5.41, 5.74) is 0.776. The highest BCUT2D eigenvalue weighted by atomic mass is 32.1. The second-order valence-electron chi connectivity index (χ2n) is 7.63. The zero-order chi connectivity index (χ0) is 18.8. The van der Waals surface area contributed by atoms with Crippen LogP contribution in [0.15, 0.2) is 30.6 Å². The Morgan fingerprint density at radius 2 is 2.04 bits per heavy atom. The summed E-state index contributed by atoms with van der Waals surface area (Å²) in [5.74, 6) is 0.465. The number of benzene rings is 1. The number of carbonyl (C=O) groups excluding carboxylic acids is 1. The number of anilines is 2. The van der Waals surface area contributed by atoms with Crippen molar-refractivity contribution >= 4 is 38.4 Å². The molecule has 1 aliphatic carbocycles. The minimum absolute atomic E-state index is 0.0580. The number of hydrogen-bond acceptors (Lipinski definition) is 6. The first kappa shape index (κ1) is 16.6. The number of fused-ring (bicyclic) bond motifs is 2. The quantitative estimate of drug-likeness (QED) is 0.750. The van der Waals surface area contributed by atoms with Crippen molar-refractivity contribution in [2.75, 3.05) is 10.2 Å². The molecule has 0 radical (unpaired) electrons. The molecule has 1 amide bonds. The molecule has 5 rings (SSSR count). The molecule has 1 N–H and O–H groups in total. The molecule has 27 heavy (non-hydrogen) atoms.